The zero-order valence-corrected chi connectivity index (χ0v) is 26.9. The number of carbonyl (C=O) groups excluding carboxylic acids is 8. The summed E-state index contributed by atoms with van der Waals surface area (Å²) in [5.41, 5.74) is 0. The molecule has 2 aliphatic rings. The van der Waals surface area contributed by atoms with Gasteiger partial charge < -0.3 is 52.1 Å². The maximum absolute atomic E-state index is 12.1. The van der Waals surface area contributed by atoms with E-state index in [1.807, 2.05) is 0 Å². The van der Waals surface area contributed by atoms with Gasteiger partial charge in [-0.05, 0) is 0 Å². The third-order valence-corrected chi connectivity index (χ3v) is 6.15. The fraction of sp³-hybridized carbons (Fsp3) is 0.714. The van der Waals surface area contributed by atoms with Gasteiger partial charge in [0.1, 0.15) is 18.8 Å². The highest BCUT2D eigenvalue weighted by Crippen LogP contribution is 2.33. The summed E-state index contributed by atoms with van der Waals surface area (Å²) in [6.07, 6.45) is -15.6. The van der Waals surface area contributed by atoms with E-state index in [0.29, 0.717) is 0 Å². The van der Waals surface area contributed by atoms with Gasteiger partial charge in [0.05, 0.1) is 6.61 Å². The highest BCUT2D eigenvalue weighted by Gasteiger charge is 2.56. The van der Waals surface area contributed by atoms with Crippen LogP contribution in [-0.4, -0.2) is 122 Å². The Bertz CT molecular complexity index is 1200. The SMILES string of the molecule is CC(=O)OCC1O[C@@H](OCC2O[C@@H](OC(C)=O)C(OC(C)=O)C(OC(C)=O)[C@H]2OC(C)=O)C(OC(C)=O)C(OC(C)=O)[C@H]1OC(C)=O. The van der Waals surface area contributed by atoms with Crippen molar-refractivity contribution in [2.45, 2.75) is 117 Å². The Hall–Kier alpha value is -4.36. The predicted octanol–water partition coefficient (Wildman–Crippen LogP) is -0.831. The molecule has 10 atom stereocenters. The monoisotopic (exact) mass is 678 g/mol. The molecule has 2 saturated heterocycles. The van der Waals surface area contributed by atoms with Crippen molar-refractivity contribution in [3.8, 4) is 0 Å². The first-order valence-corrected chi connectivity index (χ1v) is 14.2. The zero-order chi connectivity index (χ0) is 35.6. The summed E-state index contributed by atoms with van der Waals surface area (Å²) in [7, 11) is 0. The van der Waals surface area contributed by atoms with Gasteiger partial charge in [-0.3, -0.25) is 38.4 Å². The Labute approximate surface area is 268 Å². The predicted molar refractivity (Wildman–Crippen MR) is 145 cm³/mol. The van der Waals surface area contributed by atoms with Crippen LogP contribution in [0, 0.1) is 0 Å². The summed E-state index contributed by atoms with van der Waals surface area (Å²) in [6.45, 7) is 7.09. The molecule has 2 rings (SSSR count). The van der Waals surface area contributed by atoms with E-state index in [-0.39, 0.29) is 0 Å². The maximum atomic E-state index is 12.1. The summed E-state index contributed by atoms with van der Waals surface area (Å²) in [5.74, 6) is -6.93. The van der Waals surface area contributed by atoms with Gasteiger partial charge in [-0.25, -0.2) is 0 Å². The van der Waals surface area contributed by atoms with Gasteiger partial charge in [0.2, 0.25) is 12.4 Å². The minimum Gasteiger partial charge on any atom is -0.463 e. The molecule has 0 aliphatic carbocycles. The second-order valence-corrected chi connectivity index (χ2v) is 10.3. The lowest BCUT2D eigenvalue weighted by Crippen LogP contribution is -2.65. The molecule has 0 N–H and O–H groups in total. The fourth-order valence-electron chi connectivity index (χ4n) is 4.76. The Morgan fingerprint density at radius 3 is 1.09 bits per heavy atom. The summed E-state index contributed by atoms with van der Waals surface area (Å²) < 4.78 is 59.8. The number of carbonyl (C=O) groups is 8. The molecule has 0 aromatic heterocycles. The van der Waals surface area contributed by atoms with Gasteiger partial charge in [-0.2, -0.15) is 0 Å². The van der Waals surface area contributed by atoms with Crippen molar-refractivity contribution in [3.63, 3.8) is 0 Å². The quantitative estimate of drug-likeness (QED) is 0.181. The average molecular weight is 679 g/mol. The first-order chi connectivity index (χ1) is 21.9. The van der Waals surface area contributed by atoms with E-state index >= 15 is 0 Å². The molecule has 0 bridgehead atoms. The van der Waals surface area contributed by atoms with Crippen molar-refractivity contribution in [3.05, 3.63) is 0 Å². The van der Waals surface area contributed by atoms with Crippen LogP contribution in [0.5, 0.6) is 0 Å². The molecule has 2 aliphatic heterocycles. The van der Waals surface area contributed by atoms with Crippen LogP contribution in [-0.2, 0) is 90.5 Å². The van der Waals surface area contributed by atoms with Crippen molar-refractivity contribution in [2.75, 3.05) is 13.2 Å². The van der Waals surface area contributed by atoms with E-state index in [1.165, 1.54) is 0 Å². The minimum atomic E-state index is -1.71. The molecule has 0 aromatic rings. The Balaban J connectivity index is 2.56. The van der Waals surface area contributed by atoms with Crippen molar-refractivity contribution < 1.29 is 90.5 Å². The minimum absolute atomic E-state index is 0.541. The maximum Gasteiger partial charge on any atom is 0.305 e. The van der Waals surface area contributed by atoms with Crippen molar-refractivity contribution >= 4 is 47.8 Å². The molecule has 2 fully saturated rings. The molecule has 6 unspecified atom stereocenters. The number of rotatable bonds is 12. The van der Waals surface area contributed by atoms with Crippen molar-refractivity contribution in [1.29, 1.82) is 0 Å². The lowest BCUT2D eigenvalue weighted by molar-refractivity contribution is -0.331. The van der Waals surface area contributed by atoms with Gasteiger partial charge in [0.25, 0.3) is 0 Å². The molecule has 0 aromatic carbocycles. The van der Waals surface area contributed by atoms with Crippen LogP contribution in [0.1, 0.15) is 55.4 Å². The molecule has 19 nitrogen and oxygen atoms in total. The molecule has 0 radical (unpaired) electrons. The van der Waals surface area contributed by atoms with Gasteiger partial charge in [-0.15, -0.1) is 0 Å². The third kappa shape index (κ3) is 12.1. The normalized spacial score (nSPS) is 30.0. The van der Waals surface area contributed by atoms with Crippen LogP contribution in [0.25, 0.3) is 0 Å². The summed E-state index contributed by atoms with van der Waals surface area (Å²) >= 11 is 0. The van der Waals surface area contributed by atoms with Crippen LogP contribution in [0.2, 0.25) is 0 Å². The van der Waals surface area contributed by atoms with E-state index in [4.69, 9.17) is 52.1 Å². The van der Waals surface area contributed by atoms with Gasteiger partial charge in [-0.1, -0.05) is 0 Å². The average Bonchev–Trinajstić information content (AvgIpc) is 2.91. The van der Waals surface area contributed by atoms with Gasteiger partial charge >= 0.3 is 47.8 Å². The smallest absolute Gasteiger partial charge is 0.305 e. The van der Waals surface area contributed by atoms with E-state index in [2.05, 4.69) is 0 Å². The largest absolute Gasteiger partial charge is 0.463 e. The van der Waals surface area contributed by atoms with Gasteiger partial charge in [0.15, 0.2) is 36.8 Å². The second-order valence-electron chi connectivity index (χ2n) is 10.3. The first kappa shape index (κ1) is 38.8. The summed E-state index contributed by atoms with van der Waals surface area (Å²) in [4.78, 5) is 95.9. The van der Waals surface area contributed by atoms with E-state index in [9.17, 15) is 38.4 Å². The van der Waals surface area contributed by atoms with Crippen molar-refractivity contribution in [2.24, 2.45) is 0 Å². The molecule has 0 spiro atoms. The van der Waals surface area contributed by atoms with Crippen LogP contribution in [0.4, 0.5) is 0 Å². The number of ether oxygens (including phenoxy) is 11. The Morgan fingerprint density at radius 1 is 0.383 bits per heavy atom. The van der Waals surface area contributed by atoms with Crippen LogP contribution >= 0.6 is 0 Å². The second kappa shape index (κ2) is 17.5. The third-order valence-electron chi connectivity index (χ3n) is 6.15. The standard InChI is InChI=1S/C28H38O19/c1-11(29)37-9-19-21(39-12(2)30)23(41-14(4)32)25(43-16(6)34)27(46-19)38-10-20-22(40-13(3)31)24(42-15(5)33)26(44-17(7)35)28(47-20)45-18(8)36/h19-28H,9-10H2,1-8H3/t19?,20?,21-,22-,23?,24?,25?,26?,27+,28+/m0/s1. The zero-order valence-electron chi connectivity index (χ0n) is 26.9. The van der Waals surface area contributed by atoms with Gasteiger partial charge in [0, 0.05) is 55.4 Å². The lowest BCUT2D eigenvalue weighted by Gasteiger charge is -2.46. The molecule has 47 heavy (non-hydrogen) atoms. The number of esters is 8. The first-order valence-electron chi connectivity index (χ1n) is 14.2. The highest BCUT2D eigenvalue weighted by atomic mass is 16.8. The Kier molecular flexibility index (Phi) is 14.5. The summed E-state index contributed by atoms with van der Waals surface area (Å²) in [6, 6.07) is 0. The lowest BCUT2D eigenvalue weighted by atomic mass is 9.97. The number of hydrogen-bond acceptors (Lipinski definition) is 19. The highest BCUT2D eigenvalue weighted by molar-refractivity contribution is 5.70. The van der Waals surface area contributed by atoms with Crippen LogP contribution < -0.4 is 0 Å². The molecule has 0 saturated carbocycles. The molecular formula is C28H38O19. The molecule has 2 heterocycles. The fourth-order valence-corrected chi connectivity index (χ4v) is 4.76. The van der Waals surface area contributed by atoms with E-state index in [0.717, 1.165) is 55.4 Å². The molecule has 264 valence electrons. The molecule has 0 amide bonds. The van der Waals surface area contributed by atoms with E-state index in [1.54, 1.807) is 0 Å². The number of hydrogen-bond donors (Lipinski definition) is 0. The van der Waals surface area contributed by atoms with Crippen LogP contribution in [0.15, 0.2) is 0 Å². The summed E-state index contributed by atoms with van der Waals surface area (Å²) in [5, 5.41) is 0. The topological polar surface area (TPSA) is 238 Å². The van der Waals surface area contributed by atoms with Crippen LogP contribution in [0.3, 0.4) is 0 Å². The molecule has 19 heteroatoms. The molecular weight excluding hydrogens is 640 g/mol. The van der Waals surface area contributed by atoms with Crippen molar-refractivity contribution in [1.82, 2.24) is 0 Å². The van der Waals surface area contributed by atoms with E-state index < -0.39 is 122 Å². The Morgan fingerprint density at radius 2 is 0.702 bits per heavy atom.